The van der Waals surface area contributed by atoms with Gasteiger partial charge in [-0.05, 0) is 37.3 Å². The highest BCUT2D eigenvalue weighted by molar-refractivity contribution is 6.32. The molecule has 0 aliphatic carbocycles. The Hall–Kier alpha value is -3.06. The molecule has 3 aromatic rings. The van der Waals surface area contributed by atoms with Crippen LogP contribution in [-0.2, 0) is 11.3 Å². The monoisotopic (exact) mass is 375 g/mol. The Bertz CT molecular complexity index is 958. The Labute approximate surface area is 153 Å². The first-order valence-electron chi connectivity index (χ1n) is 7.54. The summed E-state index contributed by atoms with van der Waals surface area (Å²) in [6.45, 7) is 1.71. The van der Waals surface area contributed by atoms with Gasteiger partial charge in [-0.3, -0.25) is 4.79 Å². The van der Waals surface area contributed by atoms with Crippen LogP contribution in [0, 0.1) is 6.92 Å². The van der Waals surface area contributed by atoms with Gasteiger partial charge in [0.05, 0.1) is 17.7 Å². The number of aromatic nitrogens is 1. The third-order valence-corrected chi connectivity index (χ3v) is 3.99. The van der Waals surface area contributed by atoms with Crippen LogP contribution in [0.25, 0.3) is 11.3 Å². The molecule has 0 spiro atoms. The zero-order valence-corrected chi connectivity index (χ0v) is 14.7. The van der Waals surface area contributed by atoms with Crippen LogP contribution in [0.3, 0.4) is 0 Å². The van der Waals surface area contributed by atoms with Crippen LogP contribution in [0.4, 0.5) is 0 Å². The Balaban J connectivity index is 1.78. The molecule has 0 aliphatic rings. The Morgan fingerprint density at radius 1 is 1.31 bits per heavy atom. The molecule has 2 aromatic heterocycles. The molecule has 26 heavy (non-hydrogen) atoms. The number of nitrogens with zero attached hydrogens (tertiary/aromatic N) is 1. The first-order valence-corrected chi connectivity index (χ1v) is 7.92. The number of halogens is 1. The van der Waals surface area contributed by atoms with Crippen molar-refractivity contribution in [3.05, 3.63) is 58.1 Å². The highest BCUT2D eigenvalue weighted by Crippen LogP contribution is 2.32. The lowest BCUT2D eigenvalue weighted by Crippen LogP contribution is -2.08. The lowest BCUT2D eigenvalue weighted by Gasteiger charge is -2.09. The third kappa shape index (κ3) is 3.48. The maximum Gasteiger partial charge on any atom is 0.360 e. The van der Waals surface area contributed by atoms with Crippen LogP contribution in [0.5, 0.6) is 5.75 Å². The summed E-state index contributed by atoms with van der Waals surface area (Å²) < 4.78 is 20.7. The molecule has 0 saturated heterocycles. The summed E-state index contributed by atoms with van der Waals surface area (Å²) in [4.78, 5) is 22.4. The first kappa shape index (κ1) is 17.8. The standard InChI is InChI=1S/C18H14ClNO6/c1-10-13(17(20-26-10)18(22)23-2)9-24-16-5-3-11(7-14(16)19)15-6-4-12(8-21)25-15/h3-8H,9H2,1-2H3. The van der Waals surface area contributed by atoms with Crippen molar-refractivity contribution in [2.75, 3.05) is 7.11 Å². The number of carbonyl (C=O) groups is 2. The molecule has 0 fully saturated rings. The number of rotatable bonds is 6. The van der Waals surface area contributed by atoms with Crippen LogP contribution in [0.2, 0.25) is 5.02 Å². The molecule has 0 saturated carbocycles. The van der Waals surface area contributed by atoms with Gasteiger partial charge < -0.3 is 18.4 Å². The number of furan rings is 1. The number of aryl methyl sites for hydroxylation is 1. The van der Waals surface area contributed by atoms with E-state index in [-0.39, 0.29) is 18.1 Å². The van der Waals surface area contributed by atoms with E-state index in [9.17, 15) is 9.59 Å². The number of benzene rings is 1. The summed E-state index contributed by atoms with van der Waals surface area (Å²) in [5, 5.41) is 4.03. The van der Waals surface area contributed by atoms with Crippen LogP contribution >= 0.6 is 11.6 Å². The van der Waals surface area contributed by atoms with E-state index >= 15 is 0 Å². The van der Waals surface area contributed by atoms with E-state index in [4.69, 9.17) is 25.3 Å². The number of ether oxygens (including phenoxy) is 2. The van der Waals surface area contributed by atoms with Gasteiger partial charge in [-0.2, -0.15) is 0 Å². The summed E-state index contributed by atoms with van der Waals surface area (Å²) in [7, 11) is 1.26. The smallest absolute Gasteiger partial charge is 0.360 e. The minimum atomic E-state index is -0.606. The minimum absolute atomic E-state index is 0.0366. The van der Waals surface area contributed by atoms with E-state index < -0.39 is 5.97 Å². The largest absolute Gasteiger partial charge is 0.487 e. The van der Waals surface area contributed by atoms with Crippen molar-refractivity contribution < 1.29 is 28.0 Å². The molecule has 8 heteroatoms. The van der Waals surface area contributed by atoms with E-state index in [1.165, 1.54) is 7.11 Å². The number of carbonyl (C=O) groups excluding carboxylic acids is 2. The van der Waals surface area contributed by atoms with Gasteiger partial charge >= 0.3 is 5.97 Å². The SMILES string of the molecule is COC(=O)c1noc(C)c1COc1ccc(-c2ccc(C=O)o2)cc1Cl. The second-order valence-corrected chi connectivity index (χ2v) is 5.72. The Kier molecular flexibility index (Phi) is 5.09. The quantitative estimate of drug-likeness (QED) is 0.473. The highest BCUT2D eigenvalue weighted by Gasteiger charge is 2.21. The van der Waals surface area contributed by atoms with Crippen molar-refractivity contribution in [3.8, 4) is 17.1 Å². The molecule has 0 N–H and O–H groups in total. The van der Waals surface area contributed by atoms with Gasteiger partial charge in [-0.25, -0.2) is 4.79 Å². The highest BCUT2D eigenvalue weighted by atomic mass is 35.5. The molecule has 3 rings (SSSR count). The van der Waals surface area contributed by atoms with E-state index in [1.54, 1.807) is 37.3 Å². The number of hydrogen-bond acceptors (Lipinski definition) is 7. The summed E-state index contributed by atoms with van der Waals surface area (Å²) in [6, 6.07) is 8.33. The van der Waals surface area contributed by atoms with Gasteiger partial charge in [0, 0.05) is 5.56 Å². The van der Waals surface area contributed by atoms with E-state index in [1.807, 2.05) is 0 Å². The fourth-order valence-corrected chi connectivity index (χ4v) is 2.55. The zero-order valence-electron chi connectivity index (χ0n) is 13.9. The molecule has 134 valence electrons. The molecule has 7 nitrogen and oxygen atoms in total. The van der Waals surface area contributed by atoms with Crippen LogP contribution in [-0.4, -0.2) is 24.5 Å². The average Bonchev–Trinajstić information content (AvgIpc) is 3.27. The number of hydrogen-bond donors (Lipinski definition) is 0. The molecule has 2 heterocycles. The molecule has 1 aromatic carbocycles. The molecule has 0 radical (unpaired) electrons. The van der Waals surface area contributed by atoms with Crippen molar-refractivity contribution in [2.24, 2.45) is 0 Å². The number of methoxy groups -OCH3 is 1. The third-order valence-electron chi connectivity index (χ3n) is 3.69. The summed E-state index contributed by atoms with van der Waals surface area (Å²) in [5.74, 6) is 1.01. The van der Waals surface area contributed by atoms with Crippen LogP contribution in [0.15, 0.2) is 39.3 Å². The molecule has 0 aliphatic heterocycles. The predicted octanol–water partition coefficient (Wildman–Crippen LogP) is 4.07. The maximum absolute atomic E-state index is 11.7. The van der Waals surface area contributed by atoms with Gasteiger partial charge in [0.2, 0.25) is 0 Å². The molecule has 0 unspecified atom stereocenters. The number of aldehydes is 1. The zero-order chi connectivity index (χ0) is 18.7. The number of esters is 1. The fraction of sp³-hybridized carbons (Fsp3) is 0.167. The predicted molar refractivity (Wildman–Crippen MR) is 91.5 cm³/mol. The summed E-state index contributed by atoms with van der Waals surface area (Å²) >= 11 is 6.26. The van der Waals surface area contributed by atoms with E-state index in [2.05, 4.69) is 9.89 Å². The van der Waals surface area contributed by atoms with Crippen LogP contribution < -0.4 is 4.74 Å². The Morgan fingerprint density at radius 3 is 2.77 bits per heavy atom. The Morgan fingerprint density at radius 2 is 2.12 bits per heavy atom. The van der Waals surface area contributed by atoms with Crippen molar-refractivity contribution in [2.45, 2.75) is 13.5 Å². The molecule has 0 atom stereocenters. The lowest BCUT2D eigenvalue weighted by molar-refractivity contribution is 0.0586. The van der Waals surface area contributed by atoms with Crippen molar-refractivity contribution in [1.29, 1.82) is 0 Å². The van der Waals surface area contributed by atoms with Gasteiger partial charge in [-0.15, -0.1) is 0 Å². The molecule has 0 bridgehead atoms. The maximum atomic E-state index is 11.7. The molecule has 0 amide bonds. The molecular formula is C18H14ClNO6. The van der Waals surface area contributed by atoms with Crippen molar-refractivity contribution >= 4 is 23.9 Å². The second-order valence-electron chi connectivity index (χ2n) is 5.31. The summed E-state index contributed by atoms with van der Waals surface area (Å²) in [5.41, 5.74) is 1.25. The normalized spacial score (nSPS) is 10.6. The van der Waals surface area contributed by atoms with E-state index in [0.29, 0.717) is 39.7 Å². The van der Waals surface area contributed by atoms with Gasteiger partial charge in [0.25, 0.3) is 0 Å². The molecular weight excluding hydrogens is 362 g/mol. The lowest BCUT2D eigenvalue weighted by atomic mass is 10.1. The van der Waals surface area contributed by atoms with Crippen molar-refractivity contribution in [3.63, 3.8) is 0 Å². The van der Waals surface area contributed by atoms with Crippen LogP contribution in [0.1, 0.15) is 32.4 Å². The minimum Gasteiger partial charge on any atom is -0.487 e. The summed E-state index contributed by atoms with van der Waals surface area (Å²) in [6.07, 6.45) is 0.628. The fourth-order valence-electron chi connectivity index (χ4n) is 2.31. The topological polar surface area (TPSA) is 91.8 Å². The van der Waals surface area contributed by atoms with E-state index in [0.717, 1.165) is 0 Å². The van der Waals surface area contributed by atoms with Gasteiger partial charge in [-0.1, -0.05) is 16.8 Å². The first-order chi connectivity index (χ1) is 12.5. The average molecular weight is 376 g/mol. The van der Waals surface area contributed by atoms with Gasteiger partial charge in [0.15, 0.2) is 17.7 Å². The van der Waals surface area contributed by atoms with Crippen molar-refractivity contribution in [1.82, 2.24) is 5.16 Å². The van der Waals surface area contributed by atoms with Gasteiger partial charge in [0.1, 0.15) is 23.9 Å². The second kappa shape index (κ2) is 7.45.